The molecule has 212 valence electrons. The van der Waals surface area contributed by atoms with Gasteiger partial charge in [-0.05, 0) is 131 Å². The Hall–Kier alpha value is -3.90. The quantitative estimate of drug-likeness (QED) is 0.213. The number of hydrogen-bond donors (Lipinski definition) is 0. The molecular weight excluding hydrogens is 492 g/mol. The van der Waals surface area contributed by atoms with Crippen LogP contribution in [0, 0.1) is 62.3 Å². The van der Waals surface area contributed by atoms with E-state index in [1.165, 1.54) is 72.3 Å². The smallest absolute Gasteiger partial charge is 0.00256 e. The van der Waals surface area contributed by atoms with Gasteiger partial charge < -0.3 is 0 Å². The Bertz CT molecular complexity index is 1550. The number of hydrogen-bond acceptors (Lipinski definition) is 0. The topological polar surface area (TPSA) is 0 Å². The van der Waals surface area contributed by atoms with Crippen molar-refractivity contribution < 1.29 is 0 Å². The van der Waals surface area contributed by atoms with Crippen molar-refractivity contribution in [3.05, 3.63) is 175 Å². The van der Waals surface area contributed by atoms with Crippen molar-refractivity contribution in [3.63, 3.8) is 0 Å². The lowest BCUT2D eigenvalue weighted by Gasteiger charge is -2.06. The van der Waals surface area contributed by atoms with E-state index in [4.69, 9.17) is 0 Å². The van der Waals surface area contributed by atoms with Crippen LogP contribution >= 0.6 is 0 Å². The molecule has 0 spiro atoms. The average molecular weight is 541 g/mol. The van der Waals surface area contributed by atoms with Gasteiger partial charge in [0.25, 0.3) is 0 Å². The molecule has 0 N–H and O–H groups in total. The molecule has 0 radical (unpaired) electrons. The van der Waals surface area contributed by atoms with Crippen molar-refractivity contribution in [2.75, 3.05) is 0 Å². The summed E-state index contributed by atoms with van der Waals surface area (Å²) in [6.07, 6.45) is 2.06. The lowest BCUT2D eigenvalue weighted by Crippen LogP contribution is -1.91. The van der Waals surface area contributed by atoms with Gasteiger partial charge >= 0.3 is 0 Å². The van der Waals surface area contributed by atoms with E-state index in [1.54, 1.807) is 0 Å². The molecule has 0 heterocycles. The minimum absolute atomic E-state index is 1.03. The molecule has 5 aromatic carbocycles. The first-order valence-electron chi connectivity index (χ1n) is 14.8. The van der Waals surface area contributed by atoms with Gasteiger partial charge in [-0.3, -0.25) is 0 Å². The van der Waals surface area contributed by atoms with Gasteiger partial charge in [0, 0.05) is 0 Å². The van der Waals surface area contributed by atoms with E-state index >= 15 is 0 Å². The summed E-state index contributed by atoms with van der Waals surface area (Å²) >= 11 is 0. The molecule has 0 bridgehead atoms. The second-order valence-electron chi connectivity index (χ2n) is 11.8. The Morgan fingerprint density at radius 1 is 0.293 bits per heavy atom. The van der Waals surface area contributed by atoms with Gasteiger partial charge in [0.15, 0.2) is 0 Å². The molecule has 0 aliphatic heterocycles. The van der Waals surface area contributed by atoms with E-state index in [9.17, 15) is 0 Å². The first-order chi connectivity index (χ1) is 19.5. The Morgan fingerprint density at radius 3 is 1.15 bits per heavy atom. The highest BCUT2D eigenvalue weighted by atomic mass is 14.1. The maximum Gasteiger partial charge on any atom is -0.00256 e. The summed E-state index contributed by atoms with van der Waals surface area (Å²) in [5.74, 6) is 0. The number of aryl methyl sites for hydroxylation is 9. The molecule has 0 nitrogen and oxygen atoms in total. The van der Waals surface area contributed by atoms with Crippen molar-refractivity contribution in [2.45, 2.75) is 75.2 Å². The Kier molecular flexibility index (Phi) is 11.7. The van der Waals surface area contributed by atoms with Gasteiger partial charge in [0.2, 0.25) is 0 Å². The van der Waals surface area contributed by atoms with Crippen LogP contribution in [0.4, 0.5) is 0 Å². The van der Waals surface area contributed by atoms with Crippen LogP contribution in [-0.2, 0) is 12.8 Å². The molecule has 0 unspecified atom stereocenters. The highest BCUT2D eigenvalue weighted by Crippen LogP contribution is 2.16. The zero-order chi connectivity index (χ0) is 29.9. The predicted octanol–water partition coefficient (Wildman–Crippen LogP) is 11.0. The van der Waals surface area contributed by atoms with Crippen LogP contribution in [0.25, 0.3) is 0 Å². The second kappa shape index (κ2) is 15.2. The third kappa shape index (κ3) is 10.5. The van der Waals surface area contributed by atoms with Crippen LogP contribution in [0.15, 0.2) is 103 Å². The Morgan fingerprint density at radius 2 is 0.683 bits per heavy atom. The lowest BCUT2D eigenvalue weighted by atomic mass is 10.00. The fraction of sp³-hybridized carbons (Fsp3) is 0.268. The highest BCUT2D eigenvalue weighted by molar-refractivity contribution is 5.35. The molecular formula is C41H48. The van der Waals surface area contributed by atoms with Crippen LogP contribution in [0.2, 0.25) is 0 Å². The summed E-state index contributed by atoms with van der Waals surface area (Å²) < 4.78 is 0. The third-order valence-electron chi connectivity index (χ3n) is 7.82. The fourth-order valence-corrected chi connectivity index (χ4v) is 4.72. The molecule has 41 heavy (non-hydrogen) atoms. The molecule has 0 fully saturated rings. The molecule has 0 heteroatoms. The summed E-state index contributed by atoms with van der Waals surface area (Å²) in [4.78, 5) is 0. The van der Waals surface area contributed by atoms with E-state index in [0.29, 0.717) is 0 Å². The Balaban J connectivity index is 0.000000176. The monoisotopic (exact) mass is 540 g/mol. The SMILES string of the molecule is Cc1ccc(C)c(C)c1.Cc1ccc(Cc2ccc(C)c(C)c2)cc1.Cc1cccc(Cc2ccc(C)c(C)c2)c1. The average Bonchev–Trinajstić information content (AvgIpc) is 2.93. The maximum absolute atomic E-state index is 2.29. The van der Waals surface area contributed by atoms with Gasteiger partial charge in [-0.2, -0.15) is 0 Å². The van der Waals surface area contributed by atoms with E-state index in [0.717, 1.165) is 12.8 Å². The maximum atomic E-state index is 2.29. The second-order valence-corrected chi connectivity index (χ2v) is 11.8. The van der Waals surface area contributed by atoms with E-state index in [1.807, 2.05) is 0 Å². The molecule has 0 aliphatic rings. The van der Waals surface area contributed by atoms with Crippen LogP contribution < -0.4 is 0 Å². The fourth-order valence-electron chi connectivity index (χ4n) is 4.72. The van der Waals surface area contributed by atoms with Gasteiger partial charge in [-0.15, -0.1) is 0 Å². The molecule has 5 aromatic rings. The van der Waals surface area contributed by atoms with E-state index in [-0.39, 0.29) is 0 Å². The van der Waals surface area contributed by atoms with Crippen molar-refractivity contribution in [2.24, 2.45) is 0 Å². The zero-order valence-corrected chi connectivity index (χ0v) is 26.7. The molecule has 0 saturated carbocycles. The van der Waals surface area contributed by atoms with Gasteiger partial charge in [0.05, 0.1) is 0 Å². The number of benzene rings is 5. The van der Waals surface area contributed by atoms with Gasteiger partial charge in [-0.1, -0.05) is 120 Å². The molecule has 0 aromatic heterocycles. The first kappa shape index (κ1) is 31.6. The Labute approximate surface area is 250 Å². The highest BCUT2D eigenvalue weighted by Gasteiger charge is 2.00. The van der Waals surface area contributed by atoms with Crippen LogP contribution in [0.5, 0.6) is 0 Å². The largest absolute Gasteiger partial charge is 0.0617 e. The summed E-state index contributed by atoms with van der Waals surface area (Å²) in [6, 6.07) is 37.5. The van der Waals surface area contributed by atoms with Crippen LogP contribution in [0.1, 0.15) is 72.3 Å². The summed E-state index contributed by atoms with van der Waals surface area (Å²) in [7, 11) is 0. The third-order valence-corrected chi connectivity index (χ3v) is 7.82. The molecule has 0 saturated heterocycles. The molecule has 0 amide bonds. The molecule has 5 rings (SSSR count). The van der Waals surface area contributed by atoms with Crippen LogP contribution in [0.3, 0.4) is 0 Å². The van der Waals surface area contributed by atoms with Gasteiger partial charge in [0.1, 0.15) is 0 Å². The lowest BCUT2D eigenvalue weighted by molar-refractivity contribution is 1.16. The molecule has 0 aliphatic carbocycles. The molecule has 0 atom stereocenters. The van der Waals surface area contributed by atoms with Crippen molar-refractivity contribution in [1.82, 2.24) is 0 Å². The summed E-state index contributed by atoms with van der Waals surface area (Å²) in [5.41, 5.74) is 17.8. The minimum atomic E-state index is 1.03. The van der Waals surface area contributed by atoms with Crippen molar-refractivity contribution in [1.29, 1.82) is 0 Å². The van der Waals surface area contributed by atoms with Crippen LogP contribution in [-0.4, -0.2) is 0 Å². The first-order valence-corrected chi connectivity index (χ1v) is 14.8. The van der Waals surface area contributed by atoms with E-state index < -0.39 is 0 Å². The summed E-state index contributed by atoms with van der Waals surface area (Å²) in [5, 5.41) is 0. The van der Waals surface area contributed by atoms with Crippen molar-refractivity contribution in [3.8, 4) is 0 Å². The minimum Gasteiger partial charge on any atom is -0.0617 e. The zero-order valence-electron chi connectivity index (χ0n) is 26.7. The normalized spacial score (nSPS) is 10.3. The summed E-state index contributed by atoms with van der Waals surface area (Å²) in [6.45, 7) is 19.3. The van der Waals surface area contributed by atoms with Crippen molar-refractivity contribution >= 4 is 0 Å². The van der Waals surface area contributed by atoms with Gasteiger partial charge in [-0.25, -0.2) is 0 Å². The standard InChI is InChI=1S/2C16H18.C9H12/c1-12-4-7-15(8-5-12)11-16-9-6-13(2)14(3)10-16;1-12-5-4-6-15(9-12)11-16-8-7-13(2)14(3)10-16;1-7-4-5-8(2)9(3)6-7/h2*4-10H,11H2,1-3H3;4-6H,1-3H3. The van der Waals surface area contributed by atoms with E-state index in [2.05, 4.69) is 165 Å². The predicted molar refractivity (Wildman–Crippen MR) is 180 cm³/mol. The number of rotatable bonds is 4.